The second-order valence-corrected chi connectivity index (χ2v) is 6.70. The largest absolute Gasteiger partial charge is 0.448 e. The number of carbonyl (C=O) groups excluding carboxylic acids is 2. The molecule has 0 unspecified atom stereocenters. The van der Waals surface area contributed by atoms with Gasteiger partial charge in [-0.2, -0.15) is 0 Å². The topological polar surface area (TPSA) is 84.2 Å². The number of anilines is 1. The number of aryl methyl sites for hydroxylation is 1. The molecular weight excluding hydrogens is 330 g/mol. The van der Waals surface area contributed by atoms with Gasteiger partial charge in [0.2, 0.25) is 5.91 Å². The minimum atomic E-state index is -0.417. The minimum Gasteiger partial charge on any atom is -0.448 e. The number of carbonyl (C=O) groups is 2. The molecule has 6 nitrogen and oxygen atoms in total. The average Bonchev–Trinajstić information content (AvgIpc) is 3.10. The predicted octanol–water partition coefficient (Wildman–Crippen LogP) is 3.44. The van der Waals surface area contributed by atoms with Crippen LogP contribution in [0, 0.1) is 0 Å². The van der Waals surface area contributed by atoms with Crippen molar-refractivity contribution in [1.29, 1.82) is 0 Å². The third kappa shape index (κ3) is 3.49. The summed E-state index contributed by atoms with van der Waals surface area (Å²) in [5, 5.41) is 5.83. The SMILES string of the molecule is CCCNC(=O)C1(c2ccc(NC(=O)c3coc(CC)n3)cc2)CCC1. The summed E-state index contributed by atoms with van der Waals surface area (Å²) in [6, 6.07) is 7.53. The first-order valence-corrected chi connectivity index (χ1v) is 9.23. The first-order chi connectivity index (χ1) is 12.6. The van der Waals surface area contributed by atoms with Crippen molar-refractivity contribution in [3.8, 4) is 0 Å². The summed E-state index contributed by atoms with van der Waals surface area (Å²) in [7, 11) is 0. The van der Waals surface area contributed by atoms with Crippen molar-refractivity contribution in [2.75, 3.05) is 11.9 Å². The second-order valence-electron chi connectivity index (χ2n) is 6.70. The van der Waals surface area contributed by atoms with Crippen LogP contribution in [0.3, 0.4) is 0 Å². The molecule has 0 spiro atoms. The van der Waals surface area contributed by atoms with E-state index in [1.807, 2.05) is 38.1 Å². The Balaban J connectivity index is 1.69. The van der Waals surface area contributed by atoms with Gasteiger partial charge in [-0.15, -0.1) is 0 Å². The van der Waals surface area contributed by atoms with E-state index in [0.29, 0.717) is 24.5 Å². The van der Waals surface area contributed by atoms with Gasteiger partial charge in [0, 0.05) is 18.7 Å². The van der Waals surface area contributed by atoms with E-state index >= 15 is 0 Å². The molecule has 2 amide bonds. The smallest absolute Gasteiger partial charge is 0.277 e. The van der Waals surface area contributed by atoms with Crippen molar-refractivity contribution < 1.29 is 14.0 Å². The van der Waals surface area contributed by atoms with Crippen molar-refractivity contribution >= 4 is 17.5 Å². The molecule has 1 aliphatic carbocycles. The van der Waals surface area contributed by atoms with Gasteiger partial charge < -0.3 is 15.1 Å². The standard InChI is InChI=1S/C20H25N3O3/c1-3-12-21-19(25)20(10-5-11-20)14-6-8-15(9-7-14)22-18(24)16-13-26-17(4-2)23-16/h6-9,13H,3-5,10-12H2,1-2H3,(H,21,25)(H,22,24). The zero-order valence-corrected chi connectivity index (χ0v) is 15.3. The summed E-state index contributed by atoms with van der Waals surface area (Å²) in [4.78, 5) is 28.9. The molecule has 0 aliphatic heterocycles. The number of oxazole rings is 1. The van der Waals surface area contributed by atoms with Crippen LogP contribution >= 0.6 is 0 Å². The Hall–Kier alpha value is -2.63. The third-order valence-electron chi connectivity index (χ3n) is 4.96. The molecule has 2 aromatic rings. The van der Waals surface area contributed by atoms with E-state index in [-0.39, 0.29) is 17.5 Å². The second kappa shape index (κ2) is 7.72. The van der Waals surface area contributed by atoms with Crippen LogP contribution in [0.1, 0.15) is 61.5 Å². The summed E-state index contributed by atoms with van der Waals surface area (Å²) >= 11 is 0. The Bertz CT molecular complexity index is 776. The molecule has 0 bridgehead atoms. The lowest BCUT2D eigenvalue weighted by molar-refractivity contribution is -0.129. The molecule has 1 aromatic carbocycles. The third-order valence-corrected chi connectivity index (χ3v) is 4.96. The lowest BCUT2D eigenvalue weighted by atomic mass is 9.64. The van der Waals surface area contributed by atoms with E-state index in [2.05, 4.69) is 15.6 Å². The molecule has 0 atom stereocenters. The van der Waals surface area contributed by atoms with E-state index in [4.69, 9.17) is 4.42 Å². The first-order valence-electron chi connectivity index (χ1n) is 9.23. The molecule has 3 rings (SSSR count). The summed E-state index contributed by atoms with van der Waals surface area (Å²) < 4.78 is 5.20. The molecule has 6 heteroatoms. The number of amides is 2. The quantitative estimate of drug-likeness (QED) is 0.797. The van der Waals surface area contributed by atoms with Crippen LogP contribution in [-0.2, 0) is 16.6 Å². The lowest BCUT2D eigenvalue weighted by Gasteiger charge is -2.40. The van der Waals surface area contributed by atoms with Crippen molar-refractivity contribution in [1.82, 2.24) is 10.3 Å². The fourth-order valence-electron chi connectivity index (χ4n) is 3.23. The number of hydrogen-bond donors (Lipinski definition) is 2. The zero-order valence-electron chi connectivity index (χ0n) is 15.3. The Morgan fingerprint density at radius 1 is 1.19 bits per heavy atom. The van der Waals surface area contributed by atoms with Gasteiger partial charge in [0.15, 0.2) is 11.6 Å². The van der Waals surface area contributed by atoms with Crippen LogP contribution in [0.5, 0.6) is 0 Å². The lowest BCUT2D eigenvalue weighted by Crippen LogP contribution is -2.49. The fraction of sp³-hybridized carbons (Fsp3) is 0.450. The summed E-state index contributed by atoms with van der Waals surface area (Å²) in [5.74, 6) is 0.341. The molecule has 0 saturated heterocycles. The van der Waals surface area contributed by atoms with Crippen molar-refractivity contribution in [3.63, 3.8) is 0 Å². The highest BCUT2D eigenvalue weighted by molar-refractivity contribution is 6.02. The summed E-state index contributed by atoms with van der Waals surface area (Å²) in [6.45, 7) is 4.66. The van der Waals surface area contributed by atoms with Gasteiger partial charge in [0.25, 0.3) is 5.91 Å². The summed E-state index contributed by atoms with van der Waals surface area (Å²) in [5.41, 5.74) is 1.52. The Morgan fingerprint density at radius 3 is 2.46 bits per heavy atom. The van der Waals surface area contributed by atoms with E-state index in [1.54, 1.807) is 0 Å². The minimum absolute atomic E-state index is 0.108. The van der Waals surface area contributed by atoms with E-state index in [0.717, 1.165) is 31.2 Å². The van der Waals surface area contributed by atoms with Crippen LogP contribution in [-0.4, -0.2) is 23.3 Å². The van der Waals surface area contributed by atoms with Gasteiger partial charge in [-0.1, -0.05) is 32.4 Å². The molecular formula is C20H25N3O3. The van der Waals surface area contributed by atoms with Gasteiger partial charge in [-0.25, -0.2) is 4.98 Å². The number of nitrogens with one attached hydrogen (secondary N) is 2. The van der Waals surface area contributed by atoms with Crippen molar-refractivity contribution in [2.45, 2.75) is 51.4 Å². The van der Waals surface area contributed by atoms with Gasteiger partial charge in [0.1, 0.15) is 6.26 Å². The molecule has 1 saturated carbocycles. The number of rotatable bonds is 7. The van der Waals surface area contributed by atoms with Crippen LogP contribution in [0.25, 0.3) is 0 Å². The highest BCUT2D eigenvalue weighted by Crippen LogP contribution is 2.44. The van der Waals surface area contributed by atoms with E-state index < -0.39 is 5.41 Å². The molecule has 1 fully saturated rings. The summed E-state index contributed by atoms with van der Waals surface area (Å²) in [6.07, 6.45) is 5.73. The average molecular weight is 355 g/mol. The van der Waals surface area contributed by atoms with E-state index in [9.17, 15) is 9.59 Å². The molecule has 2 N–H and O–H groups in total. The molecule has 1 aromatic heterocycles. The van der Waals surface area contributed by atoms with Crippen molar-refractivity contribution in [3.05, 3.63) is 47.7 Å². The van der Waals surface area contributed by atoms with Crippen LogP contribution in [0.15, 0.2) is 34.9 Å². The normalized spacial score (nSPS) is 15.2. The zero-order chi connectivity index (χ0) is 18.6. The molecule has 138 valence electrons. The fourth-order valence-corrected chi connectivity index (χ4v) is 3.23. The van der Waals surface area contributed by atoms with E-state index in [1.165, 1.54) is 6.26 Å². The maximum absolute atomic E-state index is 12.6. The first kappa shape index (κ1) is 18.2. The molecule has 0 radical (unpaired) electrons. The Labute approximate surface area is 153 Å². The van der Waals surface area contributed by atoms with Gasteiger partial charge in [0.05, 0.1) is 5.41 Å². The van der Waals surface area contributed by atoms with Crippen LogP contribution in [0.4, 0.5) is 5.69 Å². The van der Waals surface area contributed by atoms with Crippen molar-refractivity contribution in [2.24, 2.45) is 0 Å². The number of benzene rings is 1. The number of hydrogen-bond acceptors (Lipinski definition) is 4. The Kier molecular flexibility index (Phi) is 5.40. The number of nitrogens with zero attached hydrogens (tertiary/aromatic N) is 1. The molecule has 1 aliphatic rings. The van der Waals surface area contributed by atoms with Gasteiger partial charge >= 0.3 is 0 Å². The Morgan fingerprint density at radius 2 is 1.92 bits per heavy atom. The number of aromatic nitrogens is 1. The highest BCUT2D eigenvalue weighted by Gasteiger charge is 2.45. The molecule has 1 heterocycles. The monoisotopic (exact) mass is 355 g/mol. The van der Waals surface area contributed by atoms with Crippen LogP contribution < -0.4 is 10.6 Å². The maximum Gasteiger partial charge on any atom is 0.277 e. The van der Waals surface area contributed by atoms with Crippen LogP contribution in [0.2, 0.25) is 0 Å². The molecule has 26 heavy (non-hydrogen) atoms. The van der Waals surface area contributed by atoms with Gasteiger partial charge in [-0.05, 0) is 37.0 Å². The predicted molar refractivity (Wildman–Crippen MR) is 99.1 cm³/mol. The highest BCUT2D eigenvalue weighted by atomic mass is 16.3. The van der Waals surface area contributed by atoms with Gasteiger partial charge in [-0.3, -0.25) is 9.59 Å². The maximum atomic E-state index is 12.6.